The van der Waals surface area contributed by atoms with Crippen LogP contribution in [0.25, 0.3) is 10.9 Å². The van der Waals surface area contributed by atoms with Crippen molar-refractivity contribution in [1.29, 1.82) is 0 Å². The van der Waals surface area contributed by atoms with Gasteiger partial charge in [-0.3, -0.25) is 14.2 Å². The van der Waals surface area contributed by atoms with Crippen molar-refractivity contribution in [3.63, 3.8) is 0 Å². The summed E-state index contributed by atoms with van der Waals surface area (Å²) in [4.78, 5) is 30.0. The van der Waals surface area contributed by atoms with Gasteiger partial charge in [0.1, 0.15) is 0 Å². The molecule has 2 aliphatic rings. The van der Waals surface area contributed by atoms with E-state index < -0.39 is 0 Å². The average molecular weight is 388 g/mol. The molecule has 1 aliphatic heterocycles. The van der Waals surface area contributed by atoms with Gasteiger partial charge in [-0.05, 0) is 37.8 Å². The normalized spacial score (nSPS) is 20.4. The molecule has 1 aliphatic carbocycles. The van der Waals surface area contributed by atoms with Crippen LogP contribution in [-0.2, 0) is 9.53 Å². The molecule has 1 saturated heterocycles. The molecule has 144 valence electrons. The summed E-state index contributed by atoms with van der Waals surface area (Å²) in [6, 6.07) is 7.63. The number of hydrogen-bond acceptors (Lipinski definition) is 5. The van der Waals surface area contributed by atoms with Crippen molar-refractivity contribution in [3.05, 3.63) is 34.6 Å². The van der Waals surface area contributed by atoms with Gasteiger partial charge in [0.05, 0.1) is 22.8 Å². The fourth-order valence-corrected chi connectivity index (χ4v) is 4.82. The largest absolute Gasteiger partial charge is 0.376 e. The van der Waals surface area contributed by atoms with E-state index in [-0.39, 0.29) is 29.4 Å². The lowest BCUT2D eigenvalue weighted by Gasteiger charge is -2.18. The first-order valence-corrected chi connectivity index (χ1v) is 10.7. The average Bonchev–Trinajstić information content (AvgIpc) is 3.39. The van der Waals surface area contributed by atoms with E-state index in [9.17, 15) is 9.59 Å². The van der Waals surface area contributed by atoms with Crippen LogP contribution in [0.3, 0.4) is 0 Å². The number of fused-ring (bicyclic) bond motifs is 1. The van der Waals surface area contributed by atoms with Gasteiger partial charge in [-0.15, -0.1) is 0 Å². The van der Waals surface area contributed by atoms with E-state index in [0.717, 1.165) is 45.1 Å². The molecule has 1 aromatic heterocycles. The Morgan fingerprint density at radius 3 is 2.81 bits per heavy atom. The Kier molecular flexibility index (Phi) is 5.78. The lowest BCUT2D eigenvalue weighted by molar-refractivity contribution is -0.119. The maximum atomic E-state index is 13.1. The van der Waals surface area contributed by atoms with Crippen LogP contribution in [0.15, 0.2) is 34.2 Å². The van der Waals surface area contributed by atoms with Crippen LogP contribution >= 0.6 is 11.8 Å². The molecule has 2 aromatic rings. The molecule has 7 heteroatoms. The van der Waals surface area contributed by atoms with Gasteiger partial charge in [0.2, 0.25) is 5.91 Å². The molecule has 1 aromatic carbocycles. The number of carbonyl (C=O) groups is 1. The Labute approximate surface area is 162 Å². The van der Waals surface area contributed by atoms with Gasteiger partial charge < -0.3 is 10.1 Å². The number of nitrogens with one attached hydrogen (secondary N) is 1. The Bertz CT molecular complexity index is 870. The van der Waals surface area contributed by atoms with Gasteiger partial charge in [0.25, 0.3) is 5.56 Å². The molecule has 0 spiro atoms. The molecule has 2 fully saturated rings. The van der Waals surface area contributed by atoms with Gasteiger partial charge in [-0.2, -0.15) is 0 Å². The van der Waals surface area contributed by atoms with Crippen LogP contribution in [0.5, 0.6) is 0 Å². The second-order valence-corrected chi connectivity index (χ2v) is 8.20. The van der Waals surface area contributed by atoms with E-state index in [0.29, 0.717) is 22.6 Å². The van der Waals surface area contributed by atoms with Crippen molar-refractivity contribution >= 4 is 28.6 Å². The van der Waals surface area contributed by atoms with Crippen molar-refractivity contribution in [2.45, 2.75) is 55.8 Å². The highest BCUT2D eigenvalue weighted by Crippen LogP contribution is 2.32. The first-order valence-electron chi connectivity index (χ1n) is 9.75. The summed E-state index contributed by atoms with van der Waals surface area (Å²) >= 11 is 1.35. The third-order valence-corrected chi connectivity index (χ3v) is 6.30. The van der Waals surface area contributed by atoms with E-state index in [4.69, 9.17) is 9.72 Å². The predicted octanol–water partition coefficient (Wildman–Crippen LogP) is 2.90. The minimum Gasteiger partial charge on any atom is -0.376 e. The fourth-order valence-electron chi connectivity index (χ4n) is 3.93. The number of ether oxygens (including phenoxy) is 1. The Balaban J connectivity index is 1.51. The molecular formula is C20H25N3O3S. The van der Waals surface area contributed by atoms with Crippen LogP contribution in [0.4, 0.5) is 0 Å². The van der Waals surface area contributed by atoms with Gasteiger partial charge in [0, 0.05) is 19.2 Å². The summed E-state index contributed by atoms with van der Waals surface area (Å²) in [5.74, 6) is 0.209. The minimum atomic E-state index is -0.0455. The SMILES string of the molecule is O=C(CSc1nc2ccccc2c(=O)n1C1CCCC1)NC[C@H]1CCCO1. The van der Waals surface area contributed by atoms with Crippen LogP contribution in [-0.4, -0.2) is 40.5 Å². The molecule has 6 nitrogen and oxygen atoms in total. The van der Waals surface area contributed by atoms with E-state index >= 15 is 0 Å². The summed E-state index contributed by atoms with van der Waals surface area (Å²) in [5.41, 5.74) is 0.703. The Morgan fingerprint density at radius 2 is 2.04 bits per heavy atom. The number of aromatic nitrogens is 2. The van der Waals surface area contributed by atoms with Crippen molar-refractivity contribution in [3.8, 4) is 0 Å². The number of rotatable bonds is 6. The highest BCUT2D eigenvalue weighted by Gasteiger charge is 2.23. The quantitative estimate of drug-likeness (QED) is 0.609. The Hall–Kier alpha value is -1.86. The third-order valence-electron chi connectivity index (χ3n) is 5.35. The van der Waals surface area contributed by atoms with Crippen LogP contribution in [0, 0.1) is 0 Å². The highest BCUT2D eigenvalue weighted by atomic mass is 32.2. The number of nitrogens with zero attached hydrogens (tertiary/aromatic N) is 2. The first-order chi connectivity index (χ1) is 13.2. The highest BCUT2D eigenvalue weighted by molar-refractivity contribution is 7.99. The number of benzene rings is 1. The minimum absolute atomic E-state index is 0.00904. The van der Waals surface area contributed by atoms with Gasteiger partial charge in [-0.25, -0.2) is 4.98 Å². The van der Waals surface area contributed by atoms with E-state index in [1.54, 1.807) is 0 Å². The lowest BCUT2D eigenvalue weighted by atomic mass is 10.2. The number of thioether (sulfide) groups is 1. The number of amides is 1. The maximum Gasteiger partial charge on any atom is 0.262 e. The van der Waals surface area contributed by atoms with Crippen LogP contribution < -0.4 is 10.9 Å². The molecule has 0 bridgehead atoms. The van der Waals surface area contributed by atoms with Crippen molar-refractivity contribution < 1.29 is 9.53 Å². The summed E-state index contributed by atoms with van der Waals surface area (Å²) in [7, 11) is 0. The smallest absolute Gasteiger partial charge is 0.262 e. The number of para-hydroxylation sites is 1. The third kappa shape index (κ3) is 4.19. The second kappa shape index (κ2) is 8.44. The van der Waals surface area contributed by atoms with Gasteiger partial charge >= 0.3 is 0 Å². The number of carbonyl (C=O) groups excluding carboxylic acids is 1. The molecule has 27 heavy (non-hydrogen) atoms. The molecule has 0 unspecified atom stereocenters. The standard InChI is InChI=1S/C20H25N3O3S/c24-18(21-12-15-8-5-11-26-15)13-27-20-22-17-10-4-3-9-16(17)19(25)23(20)14-6-1-2-7-14/h3-4,9-10,14-15H,1-2,5-8,11-13H2,(H,21,24)/t15-/m1/s1. The first kappa shape index (κ1) is 18.5. The zero-order valence-corrected chi connectivity index (χ0v) is 16.2. The molecule has 1 atom stereocenters. The fraction of sp³-hybridized carbons (Fsp3) is 0.550. The summed E-state index contributed by atoms with van der Waals surface area (Å²) in [6.07, 6.45) is 6.46. The van der Waals surface area contributed by atoms with Crippen LogP contribution in [0.2, 0.25) is 0 Å². The summed E-state index contributed by atoms with van der Waals surface area (Å²) in [5, 5.41) is 4.24. The zero-order chi connectivity index (χ0) is 18.6. The van der Waals surface area contributed by atoms with E-state index in [1.165, 1.54) is 11.8 Å². The molecule has 0 radical (unpaired) electrons. The predicted molar refractivity (Wildman–Crippen MR) is 106 cm³/mol. The topological polar surface area (TPSA) is 73.2 Å². The van der Waals surface area contributed by atoms with Crippen molar-refractivity contribution in [2.75, 3.05) is 18.9 Å². The van der Waals surface area contributed by atoms with Crippen molar-refractivity contribution in [2.24, 2.45) is 0 Å². The maximum absolute atomic E-state index is 13.1. The zero-order valence-electron chi connectivity index (χ0n) is 15.4. The van der Waals surface area contributed by atoms with E-state index in [2.05, 4.69) is 5.32 Å². The molecule has 2 heterocycles. The molecule has 4 rings (SSSR count). The van der Waals surface area contributed by atoms with E-state index in [1.807, 2.05) is 28.8 Å². The Morgan fingerprint density at radius 1 is 1.22 bits per heavy atom. The van der Waals surface area contributed by atoms with Gasteiger partial charge in [-0.1, -0.05) is 36.7 Å². The van der Waals surface area contributed by atoms with Gasteiger partial charge in [0.15, 0.2) is 5.16 Å². The molecule has 1 N–H and O–H groups in total. The lowest BCUT2D eigenvalue weighted by Crippen LogP contribution is -2.33. The monoisotopic (exact) mass is 387 g/mol. The van der Waals surface area contributed by atoms with Crippen LogP contribution in [0.1, 0.15) is 44.6 Å². The second-order valence-electron chi connectivity index (χ2n) is 7.25. The summed E-state index contributed by atoms with van der Waals surface area (Å²) < 4.78 is 7.36. The molecular weight excluding hydrogens is 362 g/mol. The number of hydrogen-bond donors (Lipinski definition) is 1. The molecule has 1 amide bonds. The molecule has 1 saturated carbocycles. The van der Waals surface area contributed by atoms with Crippen molar-refractivity contribution in [1.82, 2.24) is 14.9 Å². The summed E-state index contributed by atoms with van der Waals surface area (Å²) in [6.45, 7) is 1.34.